The highest BCUT2D eigenvalue weighted by atomic mass is 32.1. The zero-order valence-corrected chi connectivity index (χ0v) is 7.85. The van der Waals surface area contributed by atoms with E-state index in [1.807, 2.05) is 19.2 Å². The summed E-state index contributed by atoms with van der Waals surface area (Å²) in [5.41, 5.74) is 1.62. The van der Waals surface area contributed by atoms with Gasteiger partial charge in [-0.3, -0.25) is 0 Å². The summed E-state index contributed by atoms with van der Waals surface area (Å²) in [6.45, 7) is 0. The molecule has 4 heteroatoms. The van der Waals surface area contributed by atoms with Crippen molar-refractivity contribution >= 4 is 26.7 Å². The Kier molecular flexibility index (Phi) is 1.87. The molecule has 0 spiro atoms. The van der Waals surface area contributed by atoms with Gasteiger partial charge in [0.05, 0.1) is 21.8 Å². The highest BCUT2D eigenvalue weighted by Crippen LogP contribution is 2.25. The number of aromatic nitrogens is 1. The molecule has 0 unspecified atom stereocenters. The third-order valence-corrected chi connectivity index (χ3v) is 2.77. The Morgan fingerprint density at radius 2 is 2.38 bits per heavy atom. The van der Waals surface area contributed by atoms with Crippen molar-refractivity contribution in [3.05, 3.63) is 23.8 Å². The molecule has 3 nitrogen and oxygen atoms in total. The molecule has 0 fully saturated rings. The third kappa shape index (κ3) is 1.34. The van der Waals surface area contributed by atoms with Gasteiger partial charge in [-0.15, -0.1) is 0 Å². The van der Waals surface area contributed by atoms with Crippen LogP contribution in [-0.4, -0.2) is 12.0 Å². The highest BCUT2D eigenvalue weighted by Gasteiger charge is 2.02. The molecule has 2 rings (SSSR count). The number of anilines is 1. The van der Waals surface area contributed by atoms with Gasteiger partial charge in [-0.2, -0.15) is 5.26 Å². The van der Waals surface area contributed by atoms with Crippen LogP contribution in [-0.2, 0) is 0 Å². The molecular formula is C9H7N3S. The predicted molar refractivity (Wildman–Crippen MR) is 53.9 cm³/mol. The minimum absolute atomic E-state index is 0.679. The number of hydrogen-bond donors (Lipinski definition) is 1. The van der Waals surface area contributed by atoms with Gasteiger partial charge in [0.15, 0.2) is 5.13 Å². The van der Waals surface area contributed by atoms with Gasteiger partial charge in [-0.05, 0) is 18.2 Å². The molecule has 0 saturated carbocycles. The lowest BCUT2D eigenvalue weighted by Crippen LogP contribution is -1.83. The van der Waals surface area contributed by atoms with Gasteiger partial charge >= 0.3 is 0 Å². The van der Waals surface area contributed by atoms with E-state index in [2.05, 4.69) is 16.4 Å². The van der Waals surface area contributed by atoms with Crippen molar-refractivity contribution in [2.45, 2.75) is 0 Å². The van der Waals surface area contributed by atoms with Crippen LogP contribution >= 0.6 is 11.3 Å². The Balaban J connectivity index is 2.65. The molecule has 0 saturated heterocycles. The molecule has 2 aromatic rings. The molecule has 64 valence electrons. The minimum Gasteiger partial charge on any atom is -0.365 e. The highest BCUT2D eigenvalue weighted by molar-refractivity contribution is 7.22. The van der Waals surface area contributed by atoms with Crippen molar-refractivity contribution in [1.82, 2.24) is 4.98 Å². The molecule has 0 aliphatic rings. The molecule has 0 amide bonds. The molecule has 0 aliphatic carbocycles. The maximum absolute atomic E-state index is 8.68. The predicted octanol–water partition coefficient (Wildman–Crippen LogP) is 2.21. The van der Waals surface area contributed by atoms with Crippen molar-refractivity contribution in [2.75, 3.05) is 12.4 Å². The van der Waals surface area contributed by atoms with Gasteiger partial charge in [-0.25, -0.2) is 4.98 Å². The van der Waals surface area contributed by atoms with Gasteiger partial charge in [0.1, 0.15) is 0 Å². The summed E-state index contributed by atoms with van der Waals surface area (Å²) in [5, 5.41) is 12.5. The summed E-state index contributed by atoms with van der Waals surface area (Å²) >= 11 is 1.55. The zero-order valence-electron chi connectivity index (χ0n) is 7.03. The Morgan fingerprint density at radius 3 is 3.08 bits per heavy atom. The van der Waals surface area contributed by atoms with Crippen molar-refractivity contribution in [2.24, 2.45) is 0 Å². The number of thiazole rings is 1. The fourth-order valence-electron chi connectivity index (χ4n) is 1.10. The van der Waals surface area contributed by atoms with Crippen LogP contribution in [0.5, 0.6) is 0 Å². The maximum atomic E-state index is 8.68. The summed E-state index contributed by atoms with van der Waals surface area (Å²) in [5.74, 6) is 0. The number of fused-ring (bicyclic) bond motifs is 1. The molecule has 0 radical (unpaired) electrons. The molecule has 13 heavy (non-hydrogen) atoms. The largest absolute Gasteiger partial charge is 0.365 e. The topological polar surface area (TPSA) is 48.7 Å². The van der Waals surface area contributed by atoms with Crippen molar-refractivity contribution in [3.63, 3.8) is 0 Å². The smallest absolute Gasteiger partial charge is 0.183 e. The van der Waals surface area contributed by atoms with E-state index in [4.69, 9.17) is 5.26 Å². The summed E-state index contributed by atoms with van der Waals surface area (Å²) in [7, 11) is 1.84. The number of nitrogens with zero attached hydrogens (tertiary/aromatic N) is 2. The van der Waals surface area contributed by atoms with Gasteiger partial charge in [0.2, 0.25) is 0 Å². The molecule has 0 atom stereocenters. The fourth-order valence-corrected chi connectivity index (χ4v) is 1.96. The van der Waals surface area contributed by atoms with Crippen molar-refractivity contribution in [3.8, 4) is 6.07 Å². The van der Waals surface area contributed by atoms with Crippen LogP contribution in [0.3, 0.4) is 0 Å². The van der Waals surface area contributed by atoms with Crippen molar-refractivity contribution < 1.29 is 0 Å². The SMILES string of the molecule is CNc1nc2ccc(C#N)cc2s1. The zero-order chi connectivity index (χ0) is 9.26. The summed E-state index contributed by atoms with van der Waals surface area (Å²) in [4.78, 5) is 4.30. The van der Waals surface area contributed by atoms with E-state index in [-0.39, 0.29) is 0 Å². The van der Waals surface area contributed by atoms with Crippen LogP contribution in [0, 0.1) is 11.3 Å². The number of benzene rings is 1. The molecular weight excluding hydrogens is 182 g/mol. The monoisotopic (exact) mass is 189 g/mol. The molecule has 1 aromatic carbocycles. The average Bonchev–Trinajstić information content (AvgIpc) is 2.58. The lowest BCUT2D eigenvalue weighted by atomic mass is 10.2. The summed E-state index contributed by atoms with van der Waals surface area (Å²) in [6, 6.07) is 7.61. The number of nitriles is 1. The first-order valence-corrected chi connectivity index (χ1v) is 4.63. The maximum Gasteiger partial charge on any atom is 0.183 e. The van der Waals surface area contributed by atoms with Crippen LogP contribution in [0.2, 0.25) is 0 Å². The molecule has 1 N–H and O–H groups in total. The van der Waals surface area contributed by atoms with E-state index in [0.717, 1.165) is 15.3 Å². The Morgan fingerprint density at radius 1 is 1.54 bits per heavy atom. The first-order chi connectivity index (χ1) is 6.33. The van der Waals surface area contributed by atoms with Crippen LogP contribution in [0.25, 0.3) is 10.2 Å². The Hall–Kier alpha value is -1.60. The fraction of sp³-hybridized carbons (Fsp3) is 0.111. The minimum atomic E-state index is 0.679. The summed E-state index contributed by atoms with van der Waals surface area (Å²) in [6.07, 6.45) is 0. The van der Waals surface area contributed by atoms with Crippen LogP contribution < -0.4 is 5.32 Å². The molecule has 1 aromatic heterocycles. The van der Waals surface area contributed by atoms with Gasteiger partial charge in [0, 0.05) is 7.05 Å². The van der Waals surface area contributed by atoms with E-state index in [1.165, 1.54) is 0 Å². The Bertz CT molecular complexity index is 481. The first-order valence-electron chi connectivity index (χ1n) is 3.82. The average molecular weight is 189 g/mol. The second-order valence-electron chi connectivity index (χ2n) is 2.56. The second kappa shape index (κ2) is 3.04. The molecule has 1 heterocycles. The van der Waals surface area contributed by atoms with Crippen LogP contribution in [0.4, 0.5) is 5.13 Å². The number of hydrogen-bond acceptors (Lipinski definition) is 4. The lowest BCUT2D eigenvalue weighted by molar-refractivity contribution is 1.41. The van der Waals surface area contributed by atoms with E-state index in [1.54, 1.807) is 17.4 Å². The molecule has 0 aliphatic heterocycles. The van der Waals surface area contributed by atoms with E-state index < -0.39 is 0 Å². The second-order valence-corrected chi connectivity index (χ2v) is 3.59. The quantitative estimate of drug-likeness (QED) is 0.748. The van der Waals surface area contributed by atoms with E-state index in [0.29, 0.717) is 5.56 Å². The third-order valence-electron chi connectivity index (χ3n) is 1.73. The van der Waals surface area contributed by atoms with Crippen LogP contribution in [0.1, 0.15) is 5.56 Å². The molecule has 0 bridgehead atoms. The standard InChI is InChI=1S/C9H7N3S/c1-11-9-12-7-3-2-6(5-10)4-8(7)13-9/h2-4H,1H3,(H,11,12). The van der Waals surface area contributed by atoms with Gasteiger partial charge < -0.3 is 5.32 Å². The Labute approximate surface area is 79.6 Å². The lowest BCUT2D eigenvalue weighted by Gasteiger charge is -1.86. The number of nitrogens with one attached hydrogen (secondary N) is 1. The van der Waals surface area contributed by atoms with E-state index in [9.17, 15) is 0 Å². The first kappa shape index (κ1) is 8.02. The summed E-state index contributed by atoms with van der Waals surface area (Å²) < 4.78 is 1.04. The van der Waals surface area contributed by atoms with Gasteiger partial charge in [-0.1, -0.05) is 11.3 Å². The van der Waals surface area contributed by atoms with E-state index >= 15 is 0 Å². The van der Waals surface area contributed by atoms with Crippen molar-refractivity contribution in [1.29, 1.82) is 5.26 Å². The normalized spacial score (nSPS) is 9.85. The van der Waals surface area contributed by atoms with Gasteiger partial charge in [0.25, 0.3) is 0 Å². The number of rotatable bonds is 1. The van der Waals surface area contributed by atoms with Crippen LogP contribution in [0.15, 0.2) is 18.2 Å².